The molecule has 2 rings (SSSR count). The fraction of sp³-hybridized carbons (Fsp3) is 0. The third-order valence-electron chi connectivity index (χ3n) is 2.19. The molecule has 5 heteroatoms. The zero-order chi connectivity index (χ0) is 13.1. The molecule has 0 bridgehead atoms. The van der Waals surface area contributed by atoms with Gasteiger partial charge in [-0.2, -0.15) is 0 Å². The highest BCUT2D eigenvalue weighted by Gasteiger charge is 2.10. The molecule has 0 amide bonds. The molecule has 92 valence electrons. The van der Waals surface area contributed by atoms with Gasteiger partial charge in [-0.25, -0.2) is 13.2 Å². The van der Waals surface area contributed by atoms with Gasteiger partial charge in [0.15, 0.2) is 6.29 Å². The number of hydrogen-bond acceptors (Lipinski definition) is 2. The minimum atomic E-state index is -0.825. The average Bonchev–Trinajstić information content (AvgIpc) is 2.27. The Bertz CT molecular complexity index is 577. The maximum Gasteiger partial charge on any atom is 0.156 e. The molecular weight excluding hydrogens is 245 g/mol. The zero-order valence-electron chi connectivity index (χ0n) is 8.99. The molecule has 0 aliphatic heterocycles. The van der Waals surface area contributed by atoms with Crippen LogP contribution in [0.1, 0.15) is 10.4 Å². The monoisotopic (exact) mass is 252 g/mol. The van der Waals surface area contributed by atoms with Crippen LogP contribution in [-0.4, -0.2) is 6.29 Å². The molecule has 0 saturated carbocycles. The van der Waals surface area contributed by atoms with E-state index in [-0.39, 0.29) is 23.3 Å². The Kier molecular flexibility index (Phi) is 3.32. The van der Waals surface area contributed by atoms with Crippen LogP contribution in [0.2, 0.25) is 0 Å². The number of hydrogen-bond donors (Lipinski definition) is 0. The average molecular weight is 252 g/mol. The second kappa shape index (κ2) is 4.91. The molecule has 0 spiro atoms. The second-order valence-corrected chi connectivity index (χ2v) is 3.48. The van der Waals surface area contributed by atoms with Crippen LogP contribution in [0.25, 0.3) is 0 Å². The molecule has 0 radical (unpaired) electrons. The van der Waals surface area contributed by atoms with Crippen molar-refractivity contribution in [2.45, 2.75) is 0 Å². The summed E-state index contributed by atoms with van der Waals surface area (Å²) in [7, 11) is 0. The van der Waals surface area contributed by atoms with Gasteiger partial charge in [-0.15, -0.1) is 0 Å². The number of carbonyl (C=O) groups excluding carboxylic acids is 1. The summed E-state index contributed by atoms with van der Waals surface area (Å²) >= 11 is 0. The Balaban J connectivity index is 2.39. The van der Waals surface area contributed by atoms with E-state index in [2.05, 4.69) is 0 Å². The van der Waals surface area contributed by atoms with Gasteiger partial charge in [0.25, 0.3) is 0 Å². The van der Waals surface area contributed by atoms with Crippen LogP contribution in [-0.2, 0) is 0 Å². The van der Waals surface area contributed by atoms with Crippen LogP contribution in [0, 0.1) is 17.5 Å². The summed E-state index contributed by atoms with van der Waals surface area (Å²) in [4.78, 5) is 10.7. The van der Waals surface area contributed by atoms with Crippen molar-refractivity contribution in [3.8, 4) is 11.5 Å². The predicted octanol–water partition coefficient (Wildman–Crippen LogP) is 3.71. The molecule has 0 unspecified atom stereocenters. The van der Waals surface area contributed by atoms with Crippen molar-refractivity contribution in [3.05, 3.63) is 59.4 Å². The third-order valence-corrected chi connectivity index (χ3v) is 2.19. The van der Waals surface area contributed by atoms with Crippen molar-refractivity contribution in [3.63, 3.8) is 0 Å². The van der Waals surface area contributed by atoms with Crippen LogP contribution >= 0.6 is 0 Å². The van der Waals surface area contributed by atoms with E-state index in [1.807, 2.05) is 0 Å². The van der Waals surface area contributed by atoms with Gasteiger partial charge in [0, 0.05) is 18.2 Å². The SMILES string of the molecule is O=Cc1c(F)cccc1Oc1cc(F)cc(F)c1. The van der Waals surface area contributed by atoms with Gasteiger partial charge >= 0.3 is 0 Å². The van der Waals surface area contributed by atoms with Crippen molar-refractivity contribution >= 4 is 6.29 Å². The summed E-state index contributed by atoms with van der Waals surface area (Å²) in [5.41, 5.74) is -0.304. The molecule has 0 saturated heterocycles. The smallest absolute Gasteiger partial charge is 0.156 e. The number of ether oxygens (including phenoxy) is 1. The van der Waals surface area contributed by atoms with Crippen LogP contribution in [0.4, 0.5) is 13.2 Å². The molecular formula is C13H7F3O2. The maximum absolute atomic E-state index is 13.3. The standard InChI is InChI=1S/C13H7F3O2/c14-8-4-9(15)6-10(5-8)18-13-3-1-2-12(16)11(13)7-17/h1-7H. The third kappa shape index (κ3) is 2.51. The van der Waals surface area contributed by atoms with Gasteiger partial charge < -0.3 is 4.74 Å². The molecule has 0 fully saturated rings. The Morgan fingerprint density at radius 2 is 1.67 bits per heavy atom. The molecule has 2 aromatic carbocycles. The quantitative estimate of drug-likeness (QED) is 0.778. The number of aldehydes is 1. The molecule has 0 heterocycles. The van der Waals surface area contributed by atoms with E-state index < -0.39 is 17.5 Å². The maximum atomic E-state index is 13.3. The first-order valence-electron chi connectivity index (χ1n) is 4.98. The van der Waals surface area contributed by atoms with E-state index in [4.69, 9.17) is 4.74 Å². The topological polar surface area (TPSA) is 26.3 Å². The summed E-state index contributed by atoms with van der Waals surface area (Å²) in [6, 6.07) is 6.29. The van der Waals surface area contributed by atoms with Gasteiger partial charge in [0.1, 0.15) is 29.0 Å². The lowest BCUT2D eigenvalue weighted by Crippen LogP contribution is -1.94. The zero-order valence-corrected chi connectivity index (χ0v) is 8.99. The lowest BCUT2D eigenvalue weighted by molar-refractivity contribution is 0.111. The molecule has 2 aromatic rings. The van der Waals surface area contributed by atoms with E-state index in [9.17, 15) is 18.0 Å². The fourth-order valence-electron chi connectivity index (χ4n) is 1.44. The van der Waals surface area contributed by atoms with Crippen molar-refractivity contribution in [1.82, 2.24) is 0 Å². The second-order valence-electron chi connectivity index (χ2n) is 3.48. The Labute approximate surface area is 101 Å². The summed E-state index contributed by atoms with van der Waals surface area (Å²) < 4.78 is 44.2. The Hall–Kier alpha value is -2.30. The molecule has 2 nitrogen and oxygen atoms in total. The number of benzene rings is 2. The van der Waals surface area contributed by atoms with Gasteiger partial charge in [-0.1, -0.05) is 6.07 Å². The molecule has 0 aromatic heterocycles. The van der Waals surface area contributed by atoms with Crippen LogP contribution in [0.15, 0.2) is 36.4 Å². The first kappa shape index (κ1) is 12.2. The highest BCUT2D eigenvalue weighted by atomic mass is 19.1. The van der Waals surface area contributed by atoms with Gasteiger partial charge in [0.2, 0.25) is 0 Å². The summed E-state index contributed by atoms with van der Waals surface area (Å²) in [6.45, 7) is 0. The predicted molar refractivity (Wildman–Crippen MR) is 58.2 cm³/mol. The minimum absolute atomic E-state index is 0.102. The van der Waals surface area contributed by atoms with E-state index in [1.54, 1.807) is 0 Å². The Morgan fingerprint density at radius 3 is 2.28 bits per heavy atom. The first-order valence-corrected chi connectivity index (χ1v) is 4.98. The molecule has 0 aliphatic carbocycles. The molecule has 0 N–H and O–H groups in total. The summed E-state index contributed by atoms with van der Waals surface area (Å²) in [6.07, 6.45) is 0.278. The normalized spacial score (nSPS) is 10.2. The number of carbonyl (C=O) groups is 1. The van der Waals surface area contributed by atoms with Crippen LogP contribution in [0.3, 0.4) is 0 Å². The van der Waals surface area contributed by atoms with Gasteiger partial charge in [0.05, 0.1) is 5.56 Å². The molecule has 0 aliphatic rings. The van der Waals surface area contributed by atoms with Crippen LogP contribution < -0.4 is 4.74 Å². The minimum Gasteiger partial charge on any atom is -0.456 e. The Morgan fingerprint density at radius 1 is 1.00 bits per heavy atom. The van der Waals surface area contributed by atoms with E-state index >= 15 is 0 Å². The van der Waals surface area contributed by atoms with E-state index in [1.165, 1.54) is 12.1 Å². The van der Waals surface area contributed by atoms with Gasteiger partial charge in [-0.3, -0.25) is 4.79 Å². The van der Waals surface area contributed by atoms with E-state index in [0.29, 0.717) is 6.07 Å². The van der Waals surface area contributed by atoms with E-state index in [0.717, 1.165) is 18.2 Å². The highest BCUT2D eigenvalue weighted by molar-refractivity contribution is 5.79. The summed E-state index contributed by atoms with van der Waals surface area (Å²) in [5.74, 6) is -2.67. The summed E-state index contributed by atoms with van der Waals surface area (Å²) in [5, 5.41) is 0. The van der Waals surface area contributed by atoms with Gasteiger partial charge in [-0.05, 0) is 12.1 Å². The lowest BCUT2D eigenvalue weighted by atomic mass is 10.2. The molecule has 0 atom stereocenters. The number of halogens is 3. The molecule has 18 heavy (non-hydrogen) atoms. The lowest BCUT2D eigenvalue weighted by Gasteiger charge is -2.08. The largest absolute Gasteiger partial charge is 0.456 e. The van der Waals surface area contributed by atoms with Crippen LogP contribution in [0.5, 0.6) is 11.5 Å². The first-order chi connectivity index (χ1) is 8.60. The fourth-order valence-corrected chi connectivity index (χ4v) is 1.44. The van der Waals surface area contributed by atoms with Crippen molar-refractivity contribution in [2.75, 3.05) is 0 Å². The number of rotatable bonds is 3. The highest BCUT2D eigenvalue weighted by Crippen LogP contribution is 2.27. The van der Waals surface area contributed by atoms with Crippen molar-refractivity contribution in [1.29, 1.82) is 0 Å². The van der Waals surface area contributed by atoms with Crippen molar-refractivity contribution in [2.24, 2.45) is 0 Å². The van der Waals surface area contributed by atoms with Crippen molar-refractivity contribution < 1.29 is 22.7 Å².